The number of hydrogen-bond acceptors (Lipinski definition) is 7. The minimum Gasteiger partial charge on any atom is -0.449 e. The van der Waals surface area contributed by atoms with Gasteiger partial charge in [0.25, 0.3) is 11.6 Å². The third kappa shape index (κ3) is 3.94. The summed E-state index contributed by atoms with van der Waals surface area (Å²) in [5.74, 6) is -3.09. The van der Waals surface area contributed by atoms with Gasteiger partial charge in [0.05, 0.1) is 10.5 Å². The van der Waals surface area contributed by atoms with Gasteiger partial charge in [-0.25, -0.2) is 13.6 Å². The van der Waals surface area contributed by atoms with Crippen molar-refractivity contribution in [1.29, 1.82) is 0 Å². The average Bonchev–Trinajstić information content (AvgIpc) is 3.14. The first kappa shape index (κ1) is 18.1. The van der Waals surface area contributed by atoms with Crippen molar-refractivity contribution < 1.29 is 27.7 Å². The van der Waals surface area contributed by atoms with E-state index in [0.717, 1.165) is 18.2 Å². The second kappa shape index (κ2) is 7.28. The summed E-state index contributed by atoms with van der Waals surface area (Å²) in [5.41, 5.74) is 0.182. The van der Waals surface area contributed by atoms with Crippen LogP contribution in [0.25, 0.3) is 11.5 Å². The van der Waals surface area contributed by atoms with E-state index in [1.165, 1.54) is 31.2 Å². The Hall–Kier alpha value is -3.69. The second-order valence-electron chi connectivity index (χ2n) is 5.43. The molecule has 3 aromatic rings. The summed E-state index contributed by atoms with van der Waals surface area (Å²) in [6, 6.07) is 8.07. The van der Waals surface area contributed by atoms with Crippen molar-refractivity contribution in [3.63, 3.8) is 0 Å². The van der Waals surface area contributed by atoms with Crippen LogP contribution in [0.5, 0.6) is 0 Å². The van der Waals surface area contributed by atoms with Crippen LogP contribution in [-0.4, -0.2) is 21.1 Å². The molecule has 1 atom stereocenters. The number of rotatable bonds is 5. The number of halogens is 2. The van der Waals surface area contributed by atoms with Gasteiger partial charge in [0.15, 0.2) is 17.7 Å². The van der Waals surface area contributed by atoms with Crippen molar-refractivity contribution in [2.75, 3.05) is 0 Å². The van der Waals surface area contributed by atoms with Gasteiger partial charge in [-0.1, -0.05) is 0 Å². The van der Waals surface area contributed by atoms with Crippen LogP contribution in [0.4, 0.5) is 14.5 Å². The zero-order valence-electron chi connectivity index (χ0n) is 13.8. The third-order valence-corrected chi connectivity index (χ3v) is 3.55. The van der Waals surface area contributed by atoms with Gasteiger partial charge >= 0.3 is 5.97 Å². The summed E-state index contributed by atoms with van der Waals surface area (Å²) >= 11 is 0. The number of nitro groups is 1. The number of ether oxygens (including phenoxy) is 1. The largest absolute Gasteiger partial charge is 0.449 e. The summed E-state index contributed by atoms with van der Waals surface area (Å²) in [4.78, 5) is 22.1. The van der Waals surface area contributed by atoms with E-state index in [-0.39, 0.29) is 23.0 Å². The molecule has 0 saturated carbocycles. The molecule has 0 spiro atoms. The Balaban J connectivity index is 1.72. The maximum Gasteiger partial charge on any atom is 0.339 e. The zero-order chi connectivity index (χ0) is 19.6. The van der Waals surface area contributed by atoms with Crippen LogP contribution in [0.1, 0.15) is 29.3 Å². The van der Waals surface area contributed by atoms with Crippen LogP contribution in [0.2, 0.25) is 0 Å². The van der Waals surface area contributed by atoms with Gasteiger partial charge < -0.3 is 9.15 Å². The maximum absolute atomic E-state index is 13.2. The predicted molar refractivity (Wildman–Crippen MR) is 86.6 cm³/mol. The number of non-ortho nitro benzene ring substituents is 1. The number of esters is 1. The van der Waals surface area contributed by atoms with Gasteiger partial charge in [0.1, 0.15) is 0 Å². The molecule has 0 N–H and O–H groups in total. The standard InChI is InChI=1S/C17H11F2N3O5/c1-9(26-17(23)11-4-7-13(18)14(19)8-11)15-20-21-16(27-15)10-2-5-12(6-3-10)22(24)25/h2-9H,1H3/t9-/m0/s1. The molecule has 138 valence electrons. The summed E-state index contributed by atoms with van der Waals surface area (Å²) in [7, 11) is 0. The van der Waals surface area contributed by atoms with E-state index in [1.54, 1.807) is 0 Å². The Kier molecular flexibility index (Phi) is 4.88. The summed E-state index contributed by atoms with van der Waals surface area (Å²) in [6.45, 7) is 1.46. The number of nitrogens with zero attached hydrogens (tertiary/aromatic N) is 3. The molecule has 0 radical (unpaired) electrons. The van der Waals surface area contributed by atoms with Crippen molar-refractivity contribution in [3.05, 3.63) is 75.7 Å². The molecule has 0 saturated heterocycles. The topological polar surface area (TPSA) is 108 Å². The summed E-state index contributed by atoms with van der Waals surface area (Å²) in [5, 5.41) is 18.2. The lowest BCUT2D eigenvalue weighted by Crippen LogP contribution is -2.10. The molecule has 3 rings (SSSR count). The smallest absolute Gasteiger partial charge is 0.339 e. The van der Waals surface area contributed by atoms with Crippen LogP contribution in [0, 0.1) is 21.7 Å². The highest BCUT2D eigenvalue weighted by atomic mass is 19.2. The molecule has 0 aliphatic heterocycles. The lowest BCUT2D eigenvalue weighted by atomic mass is 10.2. The predicted octanol–water partition coefficient (Wildman–Crippen LogP) is 3.84. The van der Waals surface area contributed by atoms with Gasteiger partial charge in [-0.15, -0.1) is 10.2 Å². The minimum absolute atomic E-state index is 0.0284. The average molecular weight is 375 g/mol. The van der Waals surface area contributed by atoms with Crippen molar-refractivity contribution in [2.24, 2.45) is 0 Å². The Morgan fingerprint density at radius 3 is 2.48 bits per heavy atom. The molecular weight excluding hydrogens is 364 g/mol. The van der Waals surface area contributed by atoms with Crippen molar-refractivity contribution >= 4 is 11.7 Å². The molecule has 0 aliphatic carbocycles. The van der Waals surface area contributed by atoms with Gasteiger partial charge in [0, 0.05) is 17.7 Å². The van der Waals surface area contributed by atoms with E-state index in [1.807, 2.05) is 0 Å². The molecule has 0 bridgehead atoms. The number of nitro benzene ring substituents is 1. The molecule has 0 aliphatic rings. The van der Waals surface area contributed by atoms with Crippen LogP contribution < -0.4 is 0 Å². The molecule has 10 heteroatoms. The first-order valence-corrected chi connectivity index (χ1v) is 7.59. The molecule has 1 heterocycles. The number of hydrogen-bond donors (Lipinski definition) is 0. The highest BCUT2D eigenvalue weighted by Gasteiger charge is 2.21. The first-order valence-electron chi connectivity index (χ1n) is 7.59. The fourth-order valence-corrected chi connectivity index (χ4v) is 2.14. The van der Waals surface area contributed by atoms with Gasteiger partial charge in [-0.2, -0.15) is 0 Å². The highest BCUT2D eigenvalue weighted by molar-refractivity contribution is 5.89. The Labute approximate surface area is 150 Å². The molecule has 0 unspecified atom stereocenters. The van der Waals surface area contributed by atoms with Gasteiger partial charge in [-0.05, 0) is 37.3 Å². The van der Waals surface area contributed by atoms with E-state index in [4.69, 9.17) is 9.15 Å². The molecule has 0 amide bonds. The number of aromatic nitrogens is 2. The van der Waals surface area contributed by atoms with Gasteiger partial charge in [-0.3, -0.25) is 10.1 Å². The SMILES string of the molecule is C[C@H](OC(=O)c1ccc(F)c(F)c1)c1nnc(-c2ccc([N+](=O)[O-])cc2)o1. The number of carbonyl (C=O) groups is 1. The lowest BCUT2D eigenvalue weighted by molar-refractivity contribution is -0.384. The monoisotopic (exact) mass is 375 g/mol. The highest BCUT2D eigenvalue weighted by Crippen LogP contribution is 2.25. The van der Waals surface area contributed by atoms with E-state index < -0.39 is 28.6 Å². The minimum atomic E-state index is -1.17. The first-order chi connectivity index (χ1) is 12.8. The Morgan fingerprint density at radius 2 is 1.85 bits per heavy atom. The number of carbonyl (C=O) groups excluding carboxylic acids is 1. The zero-order valence-corrected chi connectivity index (χ0v) is 13.8. The molecule has 27 heavy (non-hydrogen) atoms. The Bertz CT molecular complexity index is 1000. The fraction of sp³-hybridized carbons (Fsp3) is 0.118. The maximum atomic E-state index is 13.2. The second-order valence-corrected chi connectivity index (χ2v) is 5.43. The van der Waals surface area contributed by atoms with Crippen LogP contribution in [-0.2, 0) is 4.74 Å². The normalized spacial score (nSPS) is 11.8. The van der Waals surface area contributed by atoms with E-state index in [2.05, 4.69) is 10.2 Å². The molecular formula is C17H11F2N3O5. The van der Waals surface area contributed by atoms with Crippen LogP contribution in [0.15, 0.2) is 46.9 Å². The van der Waals surface area contributed by atoms with E-state index >= 15 is 0 Å². The molecule has 2 aromatic carbocycles. The van der Waals surface area contributed by atoms with Crippen molar-refractivity contribution in [3.8, 4) is 11.5 Å². The third-order valence-electron chi connectivity index (χ3n) is 3.55. The summed E-state index contributed by atoms with van der Waals surface area (Å²) in [6.07, 6.45) is -0.954. The van der Waals surface area contributed by atoms with Gasteiger partial charge in [0.2, 0.25) is 5.89 Å². The fourth-order valence-electron chi connectivity index (χ4n) is 2.14. The van der Waals surface area contributed by atoms with Crippen molar-refractivity contribution in [2.45, 2.75) is 13.0 Å². The molecule has 1 aromatic heterocycles. The lowest BCUT2D eigenvalue weighted by Gasteiger charge is -2.09. The van der Waals surface area contributed by atoms with Crippen LogP contribution >= 0.6 is 0 Å². The summed E-state index contributed by atoms with van der Waals surface area (Å²) < 4.78 is 36.6. The van der Waals surface area contributed by atoms with E-state index in [0.29, 0.717) is 5.56 Å². The Morgan fingerprint density at radius 1 is 1.15 bits per heavy atom. The molecule has 0 fully saturated rings. The van der Waals surface area contributed by atoms with E-state index in [9.17, 15) is 23.7 Å². The molecule has 8 nitrogen and oxygen atoms in total. The van der Waals surface area contributed by atoms with Crippen LogP contribution in [0.3, 0.4) is 0 Å². The quantitative estimate of drug-likeness (QED) is 0.379. The van der Waals surface area contributed by atoms with Crippen molar-refractivity contribution in [1.82, 2.24) is 10.2 Å². The number of benzene rings is 2.